The molecular weight excluding hydrogens is 1250 g/mol. The lowest BCUT2D eigenvalue weighted by Crippen LogP contribution is -2.14. The van der Waals surface area contributed by atoms with Crippen molar-refractivity contribution in [2.75, 3.05) is 47.2 Å². The highest BCUT2D eigenvalue weighted by molar-refractivity contribution is 7.85. The molecule has 0 saturated heterocycles. The van der Waals surface area contributed by atoms with E-state index in [-0.39, 0.29) is 17.9 Å². The van der Waals surface area contributed by atoms with E-state index >= 15 is 0 Å². The summed E-state index contributed by atoms with van der Waals surface area (Å²) < 4.78 is 35.2. The van der Waals surface area contributed by atoms with E-state index in [0.29, 0.717) is 82.2 Å². The summed E-state index contributed by atoms with van der Waals surface area (Å²) in [6.07, 6.45) is 8.63. The standard InChI is InChI=1S/C26H27N5O2S.C25H26N6O.C24H23N5O2.H2O.5H2/c1-16(2)34(32)22-12-8-19(9-13-22)23-15-27-17(3)24(29-23)26-31-30-25(33-26)20-6-4-18(5-7-20)14-28-21-10-11-21;1-17-23(24-29-30-25(32-24)26-15-14-19-8-6-5-7-9-19)28-22(16-27-17)21-12-10-20(11-13-21)18(2)31(3)4;1-15-22(24-28-27-23(31-24)19-10-12-20(30-5)13-11-19)26-21(14-25-15)18-8-6-17(7-9-18)16(2)29(3)4;;;;;;/h4-9,12-13,15-16,21,28H,10-11,14H2,1-3H3;5-13,16H,2,14-15H2,1,3-4H3,(H,26,30);6-14H,2H2,1,3-5H3;1H2;5*1H. The topological polar surface area (TPSA) is 282 Å². The second-order valence-electron chi connectivity index (χ2n) is 23.8. The molecule has 1 aliphatic carbocycles. The number of nitrogens with zero attached hydrogens (tertiary/aromatic N) is 14. The molecule has 13 rings (SSSR count). The summed E-state index contributed by atoms with van der Waals surface area (Å²) in [6.45, 7) is 19.3. The predicted octanol–water partition coefficient (Wildman–Crippen LogP) is 14.7. The number of hydrogen-bond donors (Lipinski definition) is 2. The van der Waals surface area contributed by atoms with E-state index in [1.807, 2.05) is 200 Å². The Bertz CT molecular complexity index is 4700. The second-order valence-corrected chi connectivity index (χ2v) is 25.8. The minimum Gasteiger partial charge on any atom is -0.497 e. The van der Waals surface area contributed by atoms with Crippen molar-refractivity contribution in [2.24, 2.45) is 0 Å². The average Bonchev–Trinajstić information content (AvgIpc) is 1.70. The molecule has 0 aliphatic heterocycles. The number of anilines is 1. The van der Waals surface area contributed by atoms with Crippen LogP contribution in [-0.2, 0) is 23.8 Å². The van der Waals surface area contributed by atoms with E-state index in [0.717, 1.165) is 91.0 Å². The first-order valence-electron chi connectivity index (χ1n) is 31.7. The summed E-state index contributed by atoms with van der Waals surface area (Å²) in [5, 5.41) is 31.9. The maximum atomic E-state index is 12.3. The van der Waals surface area contributed by atoms with Gasteiger partial charge < -0.3 is 43.9 Å². The quantitative estimate of drug-likeness (QED) is 0.0637. The summed E-state index contributed by atoms with van der Waals surface area (Å²) in [7, 11) is 8.49. The molecule has 22 nitrogen and oxygen atoms in total. The van der Waals surface area contributed by atoms with Gasteiger partial charge in [0.25, 0.3) is 17.7 Å². The van der Waals surface area contributed by atoms with Gasteiger partial charge in [0.1, 0.15) is 22.8 Å². The smallest absolute Gasteiger partial charge is 0.315 e. The maximum absolute atomic E-state index is 12.3. The lowest BCUT2D eigenvalue weighted by Gasteiger charge is -2.16. The largest absolute Gasteiger partial charge is 0.497 e. The van der Waals surface area contributed by atoms with Crippen LogP contribution in [0.1, 0.15) is 73.2 Å². The number of ether oxygens (including phenoxy) is 1. The first-order chi connectivity index (χ1) is 46.9. The molecule has 1 unspecified atom stereocenters. The van der Waals surface area contributed by atoms with Crippen molar-refractivity contribution in [3.05, 3.63) is 223 Å². The van der Waals surface area contributed by atoms with Gasteiger partial charge in [-0.25, -0.2) is 15.0 Å². The number of rotatable bonds is 22. The van der Waals surface area contributed by atoms with Crippen molar-refractivity contribution in [3.63, 3.8) is 0 Å². The number of hydrogen-bond acceptors (Lipinski definition) is 21. The minimum absolute atomic E-state index is 0. The number of aryl methyl sites for hydroxylation is 3. The van der Waals surface area contributed by atoms with Crippen LogP contribution in [0, 0.1) is 20.8 Å². The monoisotopic (exact) mass is 1340 g/mol. The normalized spacial score (nSPS) is 11.9. The van der Waals surface area contributed by atoms with Gasteiger partial charge in [-0.1, -0.05) is 135 Å². The maximum Gasteiger partial charge on any atom is 0.315 e. The summed E-state index contributed by atoms with van der Waals surface area (Å²) in [5.74, 6) is 2.63. The molecule has 4 N–H and O–H groups in total. The zero-order valence-corrected chi connectivity index (χ0v) is 57.3. The number of methoxy groups -OCH3 is 1. The molecular formula is C75H88N16O6S. The van der Waals surface area contributed by atoms with E-state index in [1.165, 1.54) is 24.0 Å². The van der Waals surface area contributed by atoms with E-state index in [1.54, 1.807) is 25.7 Å². The molecule has 0 amide bonds. The van der Waals surface area contributed by atoms with Gasteiger partial charge in [0.2, 0.25) is 11.8 Å². The van der Waals surface area contributed by atoms with Crippen LogP contribution in [-0.4, -0.2) is 133 Å². The SMILES string of the molecule is C=C(c1ccc(-c2cnc(C)c(-c3nnc(-c4ccc(OC)cc4)o3)n2)cc1)N(C)C.C=C(c1ccc(-c2cnc(C)c(-c3nnc(NCCc4ccccc4)o3)n2)cc1)N(C)C.Cc1ncc(-c2ccc(S(=O)C(C)C)cc2)nc1-c1nnc(-c2ccc(CNC3CC3)cc2)o1.O.[HH].[HH].[HH].[HH].[HH]. The van der Waals surface area contributed by atoms with Gasteiger partial charge in [-0.2, -0.15) is 0 Å². The molecule has 6 heterocycles. The Morgan fingerprint density at radius 3 is 1.38 bits per heavy atom. The van der Waals surface area contributed by atoms with E-state index < -0.39 is 10.8 Å². The predicted molar refractivity (Wildman–Crippen MR) is 394 cm³/mol. The Kier molecular flexibility index (Phi) is 22.7. The first-order valence-corrected chi connectivity index (χ1v) is 32.9. The second kappa shape index (κ2) is 32.0. The van der Waals surface area contributed by atoms with E-state index in [4.69, 9.17) is 32.9 Å². The molecule has 1 fully saturated rings. The molecule has 6 aromatic heterocycles. The van der Waals surface area contributed by atoms with Crippen molar-refractivity contribution in [2.45, 2.75) is 76.6 Å². The summed E-state index contributed by atoms with van der Waals surface area (Å²) in [4.78, 5) is 32.5. The lowest BCUT2D eigenvalue weighted by atomic mass is 10.1. The van der Waals surface area contributed by atoms with Crippen LogP contribution >= 0.6 is 0 Å². The highest BCUT2D eigenvalue weighted by Crippen LogP contribution is 2.32. The van der Waals surface area contributed by atoms with Crippen molar-refractivity contribution in [1.29, 1.82) is 0 Å². The van der Waals surface area contributed by atoms with Crippen LogP contribution in [0.25, 0.3) is 103 Å². The molecule has 0 bridgehead atoms. The van der Waals surface area contributed by atoms with Gasteiger partial charge in [0, 0.05) is 104 Å². The summed E-state index contributed by atoms with van der Waals surface area (Å²) >= 11 is 0. The fourth-order valence-corrected chi connectivity index (χ4v) is 10.8. The van der Waals surface area contributed by atoms with Gasteiger partial charge in [0.15, 0.2) is 0 Å². The Balaban J connectivity index is 0.000000270. The molecule has 1 saturated carbocycles. The number of nitrogens with one attached hydrogen (secondary N) is 2. The highest BCUT2D eigenvalue weighted by Gasteiger charge is 2.22. The highest BCUT2D eigenvalue weighted by atomic mass is 32.2. The molecule has 510 valence electrons. The van der Waals surface area contributed by atoms with Crippen molar-refractivity contribution in [3.8, 4) is 97.2 Å². The van der Waals surface area contributed by atoms with E-state index in [9.17, 15) is 4.21 Å². The average molecular weight is 1340 g/mol. The van der Waals surface area contributed by atoms with Gasteiger partial charge >= 0.3 is 6.01 Å². The van der Waals surface area contributed by atoms with Crippen LogP contribution < -0.4 is 15.4 Å². The third-order valence-electron chi connectivity index (χ3n) is 15.9. The van der Waals surface area contributed by atoms with Crippen LogP contribution in [0.15, 0.2) is 202 Å². The van der Waals surface area contributed by atoms with Gasteiger partial charge in [0.05, 0.1) is 70.7 Å². The Hall–Kier alpha value is -11.3. The Labute approximate surface area is 579 Å². The zero-order valence-electron chi connectivity index (χ0n) is 56.5. The molecule has 23 heteroatoms. The Morgan fingerprint density at radius 2 is 0.949 bits per heavy atom. The molecule has 1 aliphatic rings. The fraction of sp³-hybridized carbons (Fsp3) is 0.227. The molecule has 0 radical (unpaired) electrons. The zero-order chi connectivity index (χ0) is 68.1. The molecule has 98 heavy (non-hydrogen) atoms. The van der Waals surface area contributed by atoms with Crippen molar-refractivity contribution >= 4 is 28.2 Å². The molecule has 1 atom stereocenters. The third kappa shape index (κ3) is 17.4. The molecule has 0 spiro atoms. The van der Waals surface area contributed by atoms with Gasteiger partial charge in [-0.15, -0.1) is 25.5 Å². The van der Waals surface area contributed by atoms with Crippen molar-refractivity contribution in [1.82, 2.24) is 75.6 Å². The first kappa shape index (κ1) is 69.6. The molecule has 12 aromatic rings. The van der Waals surface area contributed by atoms with Crippen LogP contribution in [0.3, 0.4) is 0 Å². The number of aromatic nitrogens is 12. The summed E-state index contributed by atoms with van der Waals surface area (Å²) in [6, 6.07) is 50.6. The Morgan fingerprint density at radius 1 is 0.541 bits per heavy atom. The summed E-state index contributed by atoms with van der Waals surface area (Å²) in [5.41, 5.74) is 16.9. The van der Waals surface area contributed by atoms with Gasteiger partial charge in [-0.05, 0) is 111 Å². The minimum atomic E-state index is -1.03. The van der Waals surface area contributed by atoms with Crippen LogP contribution in [0.2, 0.25) is 0 Å². The van der Waals surface area contributed by atoms with E-state index in [2.05, 4.69) is 93.6 Å². The lowest BCUT2D eigenvalue weighted by molar-refractivity contribution is 0.415. The molecule has 6 aromatic carbocycles. The van der Waals surface area contributed by atoms with Crippen LogP contribution in [0.4, 0.5) is 6.01 Å². The van der Waals surface area contributed by atoms with Gasteiger partial charge in [-0.3, -0.25) is 19.2 Å². The fourth-order valence-electron chi connectivity index (χ4n) is 9.86. The third-order valence-corrected chi connectivity index (χ3v) is 17.5. The van der Waals surface area contributed by atoms with Crippen LogP contribution in [0.5, 0.6) is 5.75 Å². The van der Waals surface area contributed by atoms with Crippen molar-refractivity contribution < 1.29 is 34.8 Å². The number of benzene rings is 6.